The van der Waals surface area contributed by atoms with Gasteiger partial charge in [0.15, 0.2) is 5.96 Å². The Morgan fingerprint density at radius 3 is 2.69 bits per heavy atom. The quantitative estimate of drug-likeness (QED) is 0.414. The van der Waals surface area contributed by atoms with E-state index in [1.807, 2.05) is 0 Å². The predicted molar refractivity (Wildman–Crippen MR) is 117 cm³/mol. The van der Waals surface area contributed by atoms with E-state index >= 15 is 0 Å². The van der Waals surface area contributed by atoms with E-state index in [-0.39, 0.29) is 12.0 Å². The Bertz CT molecular complexity index is 621. The van der Waals surface area contributed by atoms with Gasteiger partial charge in [0.25, 0.3) is 0 Å². The molecule has 0 spiro atoms. The minimum absolute atomic E-state index is 0.0216. The summed E-state index contributed by atoms with van der Waals surface area (Å²) in [6.07, 6.45) is 7.99. The number of rotatable bonds is 10. The van der Waals surface area contributed by atoms with Gasteiger partial charge in [-0.1, -0.05) is 12.1 Å². The van der Waals surface area contributed by atoms with E-state index in [1.54, 1.807) is 0 Å². The lowest BCUT2D eigenvalue weighted by Crippen LogP contribution is -2.39. The third kappa shape index (κ3) is 6.89. The van der Waals surface area contributed by atoms with Gasteiger partial charge in [-0.25, -0.2) is 0 Å². The fraction of sp³-hybridized carbons (Fsp3) is 0.696. The van der Waals surface area contributed by atoms with Crippen molar-refractivity contribution in [1.82, 2.24) is 10.6 Å². The molecule has 0 radical (unpaired) electrons. The molecule has 6 nitrogen and oxygen atoms in total. The van der Waals surface area contributed by atoms with Crippen LogP contribution in [0.4, 0.5) is 0 Å². The monoisotopic (exact) mass is 403 g/mol. The van der Waals surface area contributed by atoms with Crippen molar-refractivity contribution in [2.45, 2.75) is 58.0 Å². The first-order valence-corrected chi connectivity index (χ1v) is 11.2. The smallest absolute Gasteiger partial charge is 0.191 e. The van der Waals surface area contributed by atoms with Gasteiger partial charge in [0.2, 0.25) is 0 Å². The van der Waals surface area contributed by atoms with E-state index in [2.05, 4.69) is 41.8 Å². The summed E-state index contributed by atoms with van der Waals surface area (Å²) >= 11 is 0. The van der Waals surface area contributed by atoms with Crippen LogP contribution in [0.3, 0.4) is 0 Å². The molecular formula is C23H37N3O3. The number of nitrogens with one attached hydrogen (secondary N) is 2. The van der Waals surface area contributed by atoms with Gasteiger partial charge in [0.05, 0.1) is 19.3 Å². The molecule has 2 aliphatic rings. The SMILES string of the molecule is CCNC(=NCC1(CCO)CCOC1)NCCc1ccc(OC2CCCC2)cc1. The van der Waals surface area contributed by atoms with Crippen LogP contribution in [0.25, 0.3) is 0 Å². The number of hydrogen-bond donors (Lipinski definition) is 3. The maximum absolute atomic E-state index is 9.38. The molecule has 1 atom stereocenters. The first kappa shape index (κ1) is 21.9. The Hall–Kier alpha value is -1.79. The van der Waals surface area contributed by atoms with Gasteiger partial charge >= 0.3 is 0 Å². The number of ether oxygens (including phenoxy) is 2. The maximum atomic E-state index is 9.38. The highest BCUT2D eigenvalue weighted by Gasteiger charge is 2.34. The van der Waals surface area contributed by atoms with Crippen LogP contribution in [-0.2, 0) is 11.2 Å². The molecular weight excluding hydrogens is 366 g/mol. The molecule has 162 valence electrons. The third-order valence-electron chi connectivity index (χ3n) is 5.98. The summed E-state index contributed by atoms with van der Waals surface area (Å²) in [5.74, 6) is 1.81. The van der Waals surface area contributed by atoms with E-state index in [4.69, 9.17) is 14.5 Å². The lowest BCUT2D eigenvalue weighted by Gasteiger charge is -2.24. The van der Waals surface area contributed by atoms with Crippen molar-refractivity contribution in [1.29, 1.82) is 0 Å². The Kier molecular flexibility index (Phi) is 8.62. The first-order chi connectivity index (χ1) is 14.2. The molecule has 1 aromatic carbocycles. The molecule has 0 aromatic heterocycles. The number of guanidine groups is 1. The van der Waals surface area contributed by atoms with Gasteiger partial charge < -0.3 is 25.2 Å². The zero-order valence-electron chi connectivity index (χ0n) is 17.8. The summed E-state index contributed by atoms with van der Waals surface area (Å²) in [5.41, 5.74) is 1.26. The van der Waals surface area contributed by atoms with Crippen molar-refractivity contribution in [3.05, 3.63) is 29.8 Å². The normalized spacial score (nSPS) is 22.8. The molecule has 1 heterocycles. The van der Waals surface area contributed by atoms with Crippen LogP contribution in [-0.4, -0.2) is 56.6 Å². The Labute approximate surface area is 175 Å². The minimum atomic E-state index is -0.0216. The van der Waals surface area contributed by atoms with Gasteiger partial charge in [-0.3, -0.25) is 4.99 Å². The second kappa shape index (κ2) is 11.4. The van der Waals surface area contributed by atoms with E-state index < -0.39 is 0 Å². The lowest BCUT2D eigenvalue weighted by molar-refractivity contribution is 0.131. The molecule has 1 aliphatic heterocycles. The predicted octanol–water partition coefficient (Wildman–Crippen LogP) is 2.89. The molecule has 1 saturated carbocycles. The molecule has 0 bridgehead atoms. The molecule has 1 unspecified atom stereocenters. The summed E-state index contributed by atoms with van der Waals surface area (Å²) in [6.45, 7) is 6.02. The Balaban J connectivity index is 1.46. The average molecular weight is 404 g/mol. The van der Waals surface area contributed by atoms with Crippen molar-refractivity contribution < 1.29 is 14.6 Å². The largest absolute Gasteiger partial charge is 0.490 e. The van der Waals surface area contributed by atoms with Crippen LogP contribution in [0.1, 0.15) is 51.0 Å². The molecule has 3 N–H and O–H groups in total. The summed E-state index contributed by atoms with van der Waals surface area (Å²) in [5, 5.41) is 16.1. The molecule has 1 saturated heterocycles. The highest BCUT2D eigenvalue weighted by Crippen LogP contribution is 2.32. The average Bonchev–Trinajstić information content (AvgIpc) is 3.40. The summed E-state index contributed by atoms with van der Waals surface area (Å²) in [4.78, 5) is 4.77. The fourth-order valence-electron chi connectivity index (χ4n) is 4.13. The maximum Gasteiger partial charge on any atom is 0.191 e. The standard InChI is InChI=1S/C23H37N3O3/c1-2-24-22(26-17-23(12-15-27)13-16-28-18-23)25-14-11-19-7-9-21(10-8-19)29-20-5-3-4-6-20/h7-10,20,27H,2-6,11-18H2,1H3,(H2,24,25,26). The first-order valence-electron chi connectivity index (χ1n) is 11.2. The van der Waals surface area contributed by atoms with Crippen molar-refractivity contribution in [3.63, 3.8) is 0 Å². The molecule has 2 fully saturated rings. The lowest BCUT2D eigenvalue weighted by atomic mass is 9.84. The van der Waals surface area contributed by atoms with Crippen molar-refractivity contribution >= 4 is 5.96 Å². The second-order valence-corrected chi connectivity index (χ2v) is 8.32. The molecule has 3 rings (SSSR count). The zero-order chi connectivity index (χ0) is 20.4. The highest BCUT2D eigenvalue weighted by molar-refractivity contribution is 5.79. The number of benzene rings is 1. The number of hydrogen-bond acceptors (Lipinski definition) is 4. The van der Waals surface area contributed by atoms with E-state index in [0.717, 1.165) is 50.7 Å². The summed E-state index contributed by atoms with van der Waals surface area (Å²) < 4.78 is 11.6. The molecule has 29 heavy (non-hydrogen) atoms. The van der Waals surface area contributed by atoms with Crippen LogP contribution >= 0.6 is 0 Å². The van der Waals surface area contributed by atoms with Crippen molar-refractivity contribution in [3.8, 4) is 5.75 Å². The van der Waals surface area contributed by atoms with E-state index in [0.29, 0.717) is 19.3 Å². The van der Waals surface area contributed by atoms with E-state index in [1.165, 1.54) is 31.2 Å². The fourth-order valence-corrected chi connectivity index (χ4v) is 4.13. The summed E-state index contributed by atoms with van der Waals surface area (Å²) in [6, 6.07) is 8.49. The van der Waals surface area contributed by atoms with Gasteiger partial charge in [0, 0.05) is 31.7 Å². The van der Waals surface area contributed by atoms with Crippen LogP contribution in [0.2, 0.25) is 0 Å². The Morgan fingerprint density at radius 2 is 2.03 bits per heavy atom. The van der Waals surface area contributed by atoms with Gasteiger partial charge in [-0.15, -0.1) is 0 Å². The molecule has 6 heteroatoms. The van der Waals surface area contributed by atoms with Gasteiger partial charge in [0.1, 0.15) is 5.75 Å². The van der Waals surface area contributed by atoms with Crippen LogP contribution in [0.5, 0.6) is 5.75 Å². The van der Waals surface area contributed by atoms with E-state index in [9.17, 15) is 5.11 Å². The third-order valence-corrected chi connectivity index (χ3v) is 5.98. The van der Waals surface area contributed by atoms with Crippen LogP contribution in [0.15, 0.2) is 29.3 Å². The topological polar surface area (TPSA) is 75.1 Å². The van der Waals surface area contributed by atoms with Crippen LogP contribution < -0.4 is 15.4 Å². The summed E-state index contributed by atoms with van der Waals surface area (Å²) in [7, 11) is 0. The van der Waals surface area contributed by atoms with Crippen LogP contribution in [0, 0.1) is 5.41 Å². The Morgan fingerprint density at radius 1 is 1.24 bits per heavy atom. The highest BCUT2D eigenvalue weighted by atomic mass is 16.5. The number of aliphatic hydroxyl groups is 1. The van der Waals surface area contributed by atoms with Gasteiger partial charge in [-0.2, -0.15) is 0 Å². The molecule has 1 aromatic rings. The number of nitrogens with zero attached hydrogens (tertiary/aromatic N) is 1. The zero-order valence-corrected chi connectivity index (χ0v) is 17.8. The number of aliphatic hydroxyl groups excluding tert-OH is 1. The molecule has 1 aliphatic carbocycles. The van der Waals surface area contributed by atoms with Crippen molar-refractivity contribution in [2.75, 3.05) is 39.5 Å². The molecule has 0 amide bonds. The number of aliphatic imine (C=N–C) groups is 1. The minimum Gasteiger partial charge on any atom is -0.490 e. The second-order valence-electron chi connectivity index (χ2n) is 8.32. The van der Waals surface area contributed by atoms with Gasteiger partial charge in [-0.05, 0) is 69.6 Å². The van der Waals surface area contributed by atoms with Crippen molar-refractivity contribution in [2.24, 2.45) is 10.4 Å².